The van der Waals surface area contributed by atoms with Crippen LogP contribution in [0.5, 0.6) is 0 Å². The zero-order valence-electron chi connectivity index (χ0n) is 35.8. The van der Waals surface area contributed by atoms with Crippen molar-refractivity contribution >= 4 is 17.0 Å². The zero-order chi connectivity index (χ0) is 36.9. The molecule has 0 saturated heterocycles. The highest BCUT2D eigenvalue weighted by Gasteiger charge is 2.23. The number of fused-ring (bicyclic) bond motifs is 1. The molecule has 0 radical (unpaired) electrons. The number of rotatable bonds is 35. The molecule has 1 heterocycles. The minimum Gasteiger partial charge on any atom is -0.198 e. The summed E-state index contributed by atoms with van der Waals surface area (Å²) >= 11 is 0. The fourth-order valence-corrected chi connectivity index (χ4v) is 8.78. The average Bonchev–Trinajstić information content (AvgIpc) is 3.15. The molecule has 1 aromatic heterocycles. The molecule has 1 aromatic carbocycles. The summed E-state index contributed by atoms with van der Waals surface area (Å²) in [7, 11) is 0. The molecule has 0 atom stereocenters. The molecule has 0 aliphatic rings. The maximum Gasteiger partial charge on any atom is 0.212 e. The second-order valence-electron chi connectivity index (χ2n) is 17.0. The van der Waals surface area contributed by atoms with Gasteiger partial charge in [0, 0.05) is 30.1 Å². The molecule has 2 aromatic rings. The third-order valence-corrected chi connectivity index (χ3v) is 12.2. The van der Waals surface area contributed by atoms with E-state index in [4.69, 9.17) is 0 Å². The number of aryl methyl sites for hydroxylation is 1. The molecule has 0 spiro atoms. The highest BCUT2D eigenvalue weighted by molar-refractivity contribution is 6.79. The van der Waals surface area contributed by atoms with Crippen molar-refractivity contribution in [3.05, 3.63) is 42.6 Å². The fourth-order valence-electron chi connectivity index (χ4n) is 8.78. The van der Waals surface area contributed by atoms with E-state index in [1.165, 1.54) is 204 Å². The van der Waals surface area contributed by atoms with Crippen molar-refractivity contribution in [3.63, 3.8) is 0 Å². The largest absolute Gasteiger partial charge is 0.212 e. The lowest BCUT2D eigenvalue weighted by Gasteiger charge is -2.41. The molecule has 0 aliphatic carbocycles. The van der Waals surface area contributed by atoms with Crippen molar-refractivity contribution in [3.8, 4) is 0 Å². The maximum absolute atomic E-state index is 2.38. The van der Waals surface area contributed by atoms with Crippen LogP contribution in [0.2, 0.25) is 25.3 Å². The van der Waals surface area contributed by atoms with Gasteiger partial charge in [-0.1, -0.05) is 227 Å². The Morgan fingerprint density at radius 1 is 0.353 bits per heavy atom. The van der Waals surface area contributed by atoms with E-state index in [-0.39, 0.29) is 6.15 Å². The van der Waals surface area contributed by atoms with Gasteiger partial charge < -0.3 is 0 Å². The van der Waals surface area contributed by atoms with Crippen LogP contribution in [0.3, 0.4) is 0 Å². The van der Waals surface area contributed by atoms with Crippen LogP contribution in [0.15, 0.2) is 42.6 Å². The fraction of sp³-hybridized carbons (Fsp3) is 0.816. The summed E-state index contributed by atoms with van der Waals surface area (Å²) in [5.74, 6) is 0. The van der Waals surface area contributed by atoms with Gasteiger partial charge in [-0.05, 0) is 18.6 Å². The minimum absolute atomic E-state index is 0.104. The van der Waals surface area contributed by atoms with Crippen LogP contribution >= 0.6 is 0 Å². The van der Waals surface area contributed by atoms with E-state index in [9.17, 15) is 0 Å². The van der Waals surface area contributed by atoms with Crippen molar-refractivity contribution in [2.45, 2.75) is 259 Å². The summed E-state index contributed by atoms with van der Waals surface area (Å²) in [5, 5.41) is 1.34. The van der Waals surface area contributed by atoms with Crippen LogP contribution in [0.4, 0.5) is 0 Å². The highest BCUT2D eigenvalue weighted by atomic mass is 14.9. The van der Waals surface area contributed by atoms with E-state index < -0.39 is 0 Å². The van der Waals surface area contributed by atoms with Crippen LogP contribution in [0.1, 0.15) is 227 Å². The Hall–Kier alpha value is -1.31. The molecular weight excluding hydrogens is 613 g/mol. The number of nitrogens with zero attached hydrogens (tertiary/aromatic N) is 1. The van der Waals surface area contributed by atoms with Gasteiger partial charge in [-0.25, -0.2) is 0 Å². The first kappa shape index (κ1) is 47.7. The summed E-state index contributed by atoms with van der Waals surface area (Å²) in [6, 6.07) is 13.0. The maximum atomic E-state index is 2.38. The molecule has 0 fully saturated rings. The Morgan fingerprint density at radius 2 is 0.667 bits per heavy atom. The van der Waals surface area contributed by atoms with Crippen molar-refractivity contribution in [1.29, 1.82) is 0 Å². The van der Waals surface area contributed by atoms with Crippen molar-refractivity contribution in [2.24, 2.45) is 0 Å². The molecule has 2 rings (SSSR count). The number of hydrogen-bond donors (Lipinski definition) is 0. The van der Waals surface area contributed by atoms with Gasteiger partial charge in [0.05, 0.1) is 0 Å². The molecule has 296 valence electrons. The molecule has 0 N–H and O–H groups in total. The third kappa shape index (κ3) is 26.2. The Kier molecular flexibility index (Phi) is 33.4. The van der Waals surface area contributed by atoms with Gasteiger partial charge >= 0.3 is 0 Å². The summed E-state index contributed by atoms with van der Waals surface area (Å²) in [4.78, 5) is 0. The van der Waals surface area contributed by atoms with Gasteiger partial charge in [0.2, 0.25) is 5.52 Å². The summed E-state index contributed by atoms with van der Waals surface area (Å²) in [6.07, 6.45) is 52.0. The van der Waals surface area contributed by atoms with Gasteiger partial charge in [-0.15, -0.1) is 0 Å². The summed E-state index contributed by atoms with van der Waals surface area (Å²) in [5.41, 5.74) is 1.36. The number of pyridine rings is 1. The summed E-state index contributed by atoms with van der Waals surface area (Å²) in [6.45, 7) is 12.8. The molecule has 0 bridgehead atoms. The van der Waals surface area contributed by atoms with Crippen LogP contribution < -0.4 is 4.57 Å². The predicted octanol–water partition coefficient (Wildman–Crippen LogP) is 17.4. The van der Waals surface area contributed by atoms with Gasteiger partial charge in [-0.2, -0.15) is 29.8 Å². The Labute approximate surface area is 322 Å². The molecule has 0 aliphatic heterocycles. The van der Waals surface area contributed by atoms with Gasteiger partial charge in [0.1, 0.15) is 6.54 Å². The number of aromatic nitrogens is 1. The number of hydrogen-bond acceptors (Lipinski definition) is 0. The average molecular weight is 706 g/mol. The molecule has 0 unspecified atom stereocenters. The Bertz CT molecular complexity index is 910. The molecule has 51 heavy (non-hydrogen) atoms. The number of para-hydroxylation sites is 1. The van der Waals surface area contributed by atoms with E-state index in [0.717, 1.165) is 6.54 Å². The molecule has 2 heteroatoms. The quantitative estimate of drug-likeness (QED) is 0.0382. The van der Waals surface area contributed by atoms with Crippen LogP contribution in [-0.4, -0.2) is 6.15 Å². The van der Waals surface area contributed by atoms with Crippen molar-refractivity contribution in [2.75, 3.05) is 0 Å². The molecule has 1 nitrogen and oxygen atoms in total. The number of unbranched alkanes of at least 4 members (excludes halogenated alkanes) is 25. The standard InChI is InChI=1S/C32H68B.C17H24N/c1-5-9-13-17-21-25-29-33(30-26-22-18-14-10-6-2,31-27-23-19-15-11-7-3)32-28-24-20-16-12-8-4;1-2-3-4-5-6-9-14-18-15-10-12-16-11-7-8-13-17(16)18/h5-32H2,1-4H3;7-8,10-13,15H,2-6,9,14H2,1H3/q-1;+1. The van der Waals surface area contributed by atoms with Gasteiger partial charge in [0.15, 0.2) is 6.20 Å². The van der Waals surface area contributed by atoms with Crippen molar-refractivity contribution < 1.29 is 4.57 Å². The highest BCUT2D eigenvalue weighted by Crippen LogP contribution is 2.35. The third-order valence-electron chi connectivity index (χ3n) is 12.2. The van der Waals surface area contributed by atoms with E-state index in [1.807, 2.05) is 0 Å². The van der Waals surface area contributed by atoms with Crippen LogP contribution in [0.25, 0.3) is 10.9 Å². The SMILES string of the molecule is CCCCCCCC[B-](CCCCCCCC)(CCCCCCCC)CCCCCCCC.CCCCCCCC[n+]1cccc2ccccc21. The Balaban J connectivity index is 0.000000600. The normalized spacial score (nSPS) is 11.6. The van der Waals surface area contributed by atoms with Crippen LogP contribution in [0, 0.1) is 0 Å². The lowest BCUT2D eigenvalue weighted by atomic mass is 9.17. The first-order valence-corrected chi connectivity index (χ1v) is 23.7. The monoisotopic (exact) mass is 706 g/mol. The van der Waals surface area contributed by atoms with E-state index >= 15 is 0 Å². The first-order valence-electron chi connectivity index (χ1n) is 23.7. The van der Waals surface area contributed by atoms with Gasteiger partial charge in [-0.3, -0.25) is 0 Å². The zero-order valence-corrected chi connectivity index (χ0v) is 35.8. The second-order valence-corrected chi connectivity index (χ2v) is 17.0. The first-order chi connectivity index (χ1) is 25.2. The second kappa shape index (κ2) is 35.7. The van der Waals surface area contributed by atoms with Crippen LogP contribution in [-0.2, 0) is 6.54 Å². The van der Waals surface area contributed by atoms with E-state index in [1.54, 1.807) is 25.3 Å². The lowest BCUT2D eigenvalue weighted by Crippen LogP contribution is -2.34. The Morgan fingerprint density at radius 3 is 1.06 bits per heavy atom. The smallest absolute Gasteiger partial charge is 0.198 e. The molecule has 0 saturated carbocycles. The summed E-state index contributed by atoms with van der Waals surface area (Å²) < 4.78 is 2.38. The van der Waals surface area contributed by atoms with E-state index in [2.05, 4.69) is 81.8 Å². The van der Waals surface area contributed by atoms with Crippen molar-refractivity contribution in [1.82, 2.24) is 0 Å². The molecular formula is C49H92BN. The minimum atomic E-state index is -0.104. The van der Waals surface area contributed by atoms with Gasteiger partial charge in [0.25, 0.3) is 0 Å². The molecule has 0 amide bonds. The lowest BCUT2D eigenvalue weighted by molar-refractivity contribution is -0.671. The topological polar surface area (TPSA) is 3.88 Å². The van der Waals surface area contributed by atoms with E-state index in [0.29, 0.717) is 0 Å². The number of benzene rings is 1. The predicted molar refractivity (Wildman–Crippen MR) is 236 cm³/mol.